The molecule has 0 radical (unpaired) electrons. The average Bonchev–Trinajstić information content (AvgIpc) is 2.71. The fraction of sp³-hybridized carbons (Fsp3) is 0.136. The minimum Gasteiger partial charge on any atom is -0.496 e. The van der Waals surface area contributed by atoms with Crippen LogP contribution in [0.5, 0.6) is 11.5 Å². The van der Waals surface area contributed by atoms with Gasteiger partial charge in [-0.05, 0) is 41.5 Å². The van der Waals surface area contributed by atoms with Gasteiger partial charge < -0.3 is 14.9 Å². The van der Waals surface area contributed by atoms with E-state index in [4.69, 9.17) is 9.47 Å². The molecule has 0 saturated heterocycles. The third kappa shape index (κ3) is 5.86. The third-order valence-corrected chi connectivity index (χ3v) is 4.47. The number of halogens is 1. The zero-order chi connectivity index (χ0) is 18.9. The quantitative estimate of drug-likeness (QED) is 0.401. The minimum atomic E-state index is 0.528. The van der Waals surface area contributed by atoms with Crippen LogP contribution in [0, 0.1) is 0 Å². The topological polar surface area (TPSA) is 42.8 Å². The SMILES string of the molecule is COc1ccccc1CN/N=C\c1cccc(OCc2ccc(Br)cc2)c1. The summed E-state index contributed by atoms with van der Waals surface area (Å²) in [5.74, 6) is 1.66. The molecule has 0 fully saturated rings. The molecule has 1 N–H and O–H groups in total. The molecule has 138 valence electrons. The normalized spacial score (nSPS) is 10.7. The number of ether oxygens (including phenoxy) is 2. The molecule has 0 atom stereocenters. The predicted molar refractivity (Wildman–Crippen MR) is 112 cm³/mol. The summed E-state index contributed by atoms with van der Waals surface area (Å²) in [5, 5.41) is 4.29. The van der Waals surface area contributed by atoms with Gasteiger partial charge in [0.25, 0.3) is 0 Å². The zero-order valence-electron chi connectivity index (χ0n) is 15.1. The van der Waals surface area contributed by atoms with Crippen molar-refractivity contribution in [2.45, 2.75) is 13.2 Å². The van der Waals surface area contributed by atoms with Gasteiger partial charge in [-0.1, -0.05) is 58.4 Å². The van der Waals surface area contributed by atoms with E-state index in [1.54, 1.807) is 13.3 Å². The standard InChI is InChI=1S/C22H21BrN2O2/c1-26-22-8-3-2-6-19(22)15-25-24-14-18-5-4-7-21(13-18)27-16-17-9-11-20(23)12-10-17/h2-14,25H,15-16H2,1H3/b24-14-. The number of methoxy groups -OCH3 is 1. The zero-order valence-corrected chi connectivity index (χ0v) is 16.6. The molecule has 3 aromatic rings. The Bertz CT molecular complexity index is 895. The summed E-state index contributed by atoms with van der Waals surface area (Å²) in [6, 6.07) is 23.8. The highest BCUT2D eigenvalue weighted by Gasteiger charge is 2.00. The maximum atomic E-state index is 5.86. The lowest BCUT2D eigenvalue weighted by Crippen LogP contribution is -2.06. The van der Waals surface area contributed by atoms with Gasteiger partial charge in [0, 0.05) is 10.0 Å². The van der Waals surface area contributed by atoms with Crippen molar-refractivity contribution < 1.29 is 9.47 Å². The largest absolute Gasteiger partial charge is 0.496 e. The van der Waals surface area contributed by atoms with Crippen LogP contribution in [0.1, 0.15) is 16.7 Å². The van der Waals surface area contributed by atoms with E-state index in [2.05, 4.69) is 26.5 Å². The van der Waals surface area contributed by atoms with Crippen molar-refractivity contribution in [3.8, 4) is 11.5 Å². The van der Waals surface area contributed by atoms with Crippen LogP contribution in [0.2, 0.25) is 0 Å². The van der Waals surface area contributed by atoms with Crippen molar-refractivity contribution in [1.82, 2.24) is 5.43 Å². The molecule has 3 rings (SSSR count). The molecule has 0 aliphatic heterocycles. The molecule has 0 unspecified atom stereocenters. The number of hydrazone groups is 1. The van der Waals surface area contributed by atoms with Crippen molar-refractivity contribution in [3.63, 3.8) is 0 Å². The molecule has 0 heterocycles. The van der Waals surface area contributed by atoms with Crippen LogP contribution in [-0.4, -0.2) is 13.3 Å². The first-order valence-electron chi connectivity index (χ1n) is 8.60. The van der Waals surface area contributed by atoms with Crippen LogP contribution in [-0.2, 0) is 13.2 Å². The highest BCUT2D eigenvalue weighted by molar-refractivity contribution is 9.10. The molecular formula is C22H21BrN2O2. The van der Waals surface area contributed by atoms with E-state index in [1.165, 1.54) is 0 Å². The van der Waals surface area contributed by atoms with E-state index in [1.807, 2.05) is 72.8 Å². The van der Waals surface area contributed by atoms with Crippen molar-refractivity contribution in [2.75, 3.05) is 7.11 Å². The molecule has 0 saturated carbocycles. The van der Waals surface area contributed by atoms with E-state index in [9.17, 15) is 0 Å². The first kappa shape index (κ1) is 19.0. The van der Waals surface area contributed by atoms with Gasteiger partial charge in [-0.25, -0.2) is 0 Å². The molecular weight excluding hydrogens is 404 g/mol. The summed E-state index contributed by atoms with van der Waals surface area (Å²) >= 11 is 3.44. The summed E-state index contributed by atoms with van der Waals surface area (Å²) < 4.78 is 12.3. The number of nitrogens with zero attached hydrogens (tertiary/aromatic N) is 1. The van der Waals surface area contributed by atoms with E-state index >= 15 is 0 Å². The fourth-order valence-corrected chi connectivity index (χ4v) is 2.80. The van der Waals surface area contributed by atoms with Crippen LogP contribution >= 0.6 is 15.9 Å². The lowest BCUT2D eigenvalue weighted by Gasteiger charge is -2.08. The van der Waals surface area contributed by atoms with Gasteiger partial charge in [0.1, 0.15) is 18.1 Å². The van der Waals surface area contributed by atoms with E-state index in [0.29, 0.717) is 13.2 Å². The fourth-order valence-electron chi connectivity index (χ4n) is 2.53. The average molecular weight is 425 g/mol. The molecule has 3 aromatic carbocycles. The van der Waals surface area contributed by atoms with Crippen molar-refractivity contribution in [3.05, 3.63) is 94.0 Å². The molecule has 0 aliphatic rings. The van der Waals surface area contributed by atoms with Crippen LogP contribution < -0.4 is 14.9 Å². The Morgan fingerprint density at radius 3 is 2.63 bits per heavy atom. The molecule has 0 bridgehead atoms. The van der Waals surface area contributed by atoms with Crippen molar-refractivity contribution in [1.29, 1.82) is 0 Å². The summed E-state index contributed by atoms with van der Waals surface area (Å²) in [7, 11) is 1.67. The Morgan fingerprint density at radius 2 is 1.81 bits per heavy atom. The van der Waals surface area contributed by atoms with Gasteiger partial charge in [0.05, 0.1) is 19.9 Å². The Labute approximate surface area is 168 Å². The molecule has 0 aliphatic carbocycles. The van der Waals surface area contributed by atoms with Gasteiger partial charge in [0.2, 0.25) is 0 Å². The molecule has 0 aromatic heterocycles. The van der Waals surface area contributed by atoms with Gasteiger partial charge in [-0.3, -0.25) is 0 Å². The molecule has 27 heavy (non-hydrogen) atoms. The number of benzene rings is 3. The maximum Gasteiger partial charge on any atom is 0.123 e. The Morgan fingerprint density at radius 1 is 1.00 bits per heavy atom. The Hall–Kier alpha value is -2.79. The summed E-state index contributed by atoms with van der Waals surface area (Å²) in [6.45, 7) is 1.13. The Kier molecular flexibility index (Phi) is 6.88. The number of hydrogen-bond acceptors (Lipinski definition) is 4. The second-order valence-electron chi connectivity index (χ2n) is 5.89. The second kappa shape index (κ2) is 9.78. The maximum absolute atomic E-state index is 5.86. The monoisotopic (exact) mass is 424 g/mol. The van der Waals surface area contributed by atoms with Crippen molar-refractivity contribution >= 4 is 22.1 Å². The molecule has 0 spiro atoms. The van der Waals surface area contributed by atoms with Crippen LogP contribution in [0.25, 0.3) is 0 Å². The van der Waals surface area contributed by atoms with E-state index < -0.39 is 0 Å². The summed E-state index contributed by atoms with van der Waals surface area (Å²) in [5.41, 5.74) is 6.20. The number of hydrogen-bond donors (Lipinski definition) is 1. The lowest BCUT2D eigenvalue weighted by molar-refractivity contribution is 0.306. The number of para-hydroxylation sites is 1. The number of nitrogens with one attached hydrogen (secondary N) is 1. The first-order chi connectivity index (χ1) is 13.2. The van der Waals surface area contributed by atoms with Crippen LogP contribution in [0.4, 0.5) is 0 Å². The molecule has 0 amide bonds. The molecule has 4 nitrogen and oxygen atoms in total. The predicted octanol–water partition coefficient (Wildman–Crippen LogP) is 5.16. The van der Waals surface area contributed by atoms with E-state index in [-0.39, 0.29) is 0 Å². The van der Waals surface area contributed by atoms with Gasteiger partial charge in [-0.15, -0.1) is 0 Å². The summed E-state index contributed by atoms with van der Waals surface area (Å²) in [6.07, 6.45) is 1.78. The minimum absolute atomic E-state index is 0.528. The Balaban J connectivity index is 1.53. The highest BCUT2D eigenvalue weighted by Crippen LogP contribution is 2.17. The van der Waals surface area contributed by atoms with Gasteiger partial charge >= 0.3 is 0 Å². The second-order valence-corrected chi connectivity index (χ2v) is 6.81. The van der Waals surface area contributed by atoms with Crippen LogP contribution in [0.3, 0.4) is 0 Å². The first-order valence-corrected chi connectivity index (χ1v) is 9.39. The third-order valence-electron chi connectivity index (χ3n) is 3.94. The summed E-state index contributed by atoms with van der Waals surface area (Å²) in [4.78, 5) is 0. The molecule has 5 heteroatoms. The number of rotatable bonds is 8. The lowest BCUT2D eigenvalue weighted by atomic mass is 10.2. The van der Waals surface area contributed by atoms with Crippen molar-refractivity contribution in [2.24, 2.45) is 5.10 Å². The van der Waals surface area contributed by atoms with Gasteiger partial charge in [-0.2, -0.15) is 5.10 Å². The highest BCUT2D eigenvalue weighted by atomic mass is 79.9. The van der Waals surface area contributed by atoms with E-state index in [0.717, 1.165) is 32.7 Å². The van der Waals surface area contributed by atoms with Gasteiger partial charge in [0.15, 0.2) is 0 Å². The smallest absolute Gasteiger partial charge is 0.123 e. The van der Waals surface area contributed by atoms with Crippen LogP contribution in [0.15, 0.2) is 82.4 Å².